The maximum atomic E-state index is 13.5. The number of ether oxygens (including phenoxy) is 1. The molecule has 4 aromatic rings. The van der Waals surface area contributed by atoms with Gasteiger partial charge in [-0.05, 0) is 37.7 Å². The van der Waals surface area contributed by atoms with Gasteiger partial charge in [-0.15, -0.1) is 0 Å². The van der Waals surface area contributed by atoms with E-state index >= 15 is 0 Å². The van der Waals surface area contributed by atoms with Gasteiger partial charge in [-0.25, -0.2) is 9.50 Å². The number of aromatic nitrogens is 5. The molecule has 3 aromatic heterocycles. The summed E-state index contributed by atoms with van der Waals surface area (Å²) in [5.41, 5.74) is 0.976. The molecule has 0 saturated carbocycles. The quantitative estimate of drug-likeness (QED) is 0.306. The minimum Gasteiger partial charge on any atom is -0.434 e. The molecule has 6 rings (SSSR count). The molecular weight excluding hydrogens is 584 g/mol. The topological polar surface area (TPSA) is 113 Å². The van der Waals surface area contributed by atoms with Gasteiger partial charge in [-0.1, -0.05) is 11.6 Å². The van der Waals surface area contributed by atoms with Crippen molar-refractivity contribution in [2.45, 2.75) is 19.1 Å². The van der Waals surface area contributed by atoms with Crippen LogP contribution in [0.25, 0.3) is 16.9 Å². The van der Waals surface area contributed by atoms with Crippen molar-refractivity contribution >= 4 is 34.7 Å². The summed E-state index contributed by atoms with van der Waals surface area (Å²) in [6, 6.07) is 5.21. The maximum absolute atomic E-state index is 13.5. The predicted molar refractivity (Wildman–Crippen MR) is 154 cm³/mol. The fraction of sp³-hybridized carbons (Fsp3) is 0.393. The second-order valence-corrected chi connectivity index (χ2v) is 11.0. The molecule has 2 fully saturated rings. The highest BCUT2D eigenvalue weighted by Gasteiger charge is 2.35. The van der Waals surface area contributed by atoms with Crippen molar-refractivity contribution < 1.29 is 23.1 Å². The normalized spacial score (nSPS) is 18.2. The molecule has 0 aliphatic carbocycles. The molecule has 15 heteroatoms. The second kappa shape index (κ2) is 12.2. The lowest BCUT2D eigenvalue weighted by molar-refractivity contribution is -0.130. The lowest BCUT2D eigenvalue weighted by atomic mass is 10.1. The molecule has 5 heterocycles. The van der Waals surface area contributed by atoms with Crippen LogP contribution in [0.15, 0.2) is 49.1 Å². The van der Waals surface area contributed by atoms with E-state index in [1.54, 1.807) is 18.5 Å². The number of hydrogen-bond acceptors (Lipinski definition) is 8. The third kappa shape index (κ3) is 6.17. The number of nitrogens with zero attached hydrogens (tertiary/aromatic N) is 8. The molecule has 0 bridgehead atoms. The van der Waals surface area contributed by atoms with Crippen LogP contribution in [0.4, 0.5) is 14.5 Å². The molecule has 12 nitrogen and oxygen atoms in total. The maximum Gasteiger partial charge on any atom is 0.387 e. The summed E-state index contributed by atoms with van der Waals surface area (Å²) >= 11 is 6.24. The van der Waals surface area contributed by atoms with Gasteiger partial charge in [0.2, 0.25) is 5.91 Å². The number of hydrogen-bond donors (Lipinski definition) is 1. The number of likely N-dealkylation sites (tertiary alicyclic amines) is 1. The Morgan fingerprint density at radius 2 is 2.00 bits per heavy atom. The molecular formula is C28H30ClF2N9O3. The number of likely N-dealkylation sites (N-methyl/N-ethyl adjacent to an activating group) is 1. The Hall–Kier alpha value is -4.14. The first-order chi connectivity index (χ1) is 20.8. The zero-order valence-corrected chi connectivity index (χ0v) is 24.1. The van der Waals surface area contributed by atoms with Gasteiger partial charge in [-0.2, -0.15) is 19.0 Å². The number of nitrogens with one attached hydrogen (secondary N) is 1. The molecule has 0 unspecified atom stereocenters. The van der Waals surface area contributed by atoms with Crippen LogP contribution >= 0.6 is 11.6 Å². The molecule has 0 spiro atoms. The van der Waals surface area contributed by atoms with Crippen molar-refractivity contribution in [2.75, 3.05) is 58.2 Å². The van der Waals surface area contributed by atoms with Gasteiger partial charge in [0.1, 0.15) is 23.0 Å². The fourth-order valence-electron chi connectivity index (χ4n) is 5.43. The van der Waals surface area contributed by atoms with Crippen LogP contribution in [-0.2, 0) is 4.79 Å². The first kappa shape index (κ1) is 29.0. The monoisotopic (exact) mass is 613 g/mol. The van der Waals surface area contributed by atoms with Crippen molar-refractivity contribution in [3.8, 4) is 17.0 Å². The van der Waals surface area contributed by atoms with Gasteiger partial charge in [0, 0.05) is 68.8 Å². The Morgan fingerprint density at radius 3 is 2.79 bits per heavy atom. The van der Waals surface area contributed by atoms with Gasteiger partial charge in [0.15, 0.2) is 5.65 Å². The average molecular weight is 614 g/mol. The number of fused-ring (bicyclic) bond motifs is 1. The number of rotatable bonds is 9. The Morgan fingerprint density at radius 1 is 1.19 bits per heavy atom. The second-order valence-electron chi connectivity index (χ2n) is 10.6. The SMILES string of the molecule is CN1CCN(CCN2CC[C@@H](n3cc(NC(=O)c4cnn5cccnc45)c(-c4cc(Cl)ccc4OC(F)F)n3)C2=O)CC1. The number of carbonyl (C=O) groups excluding carboxylic acids is 2. The molecule has 43 heavy (non-hydrogen) atoms. The highest BCUT2D eigenvalue weighted by atomic mass is 35.5. The number of benzene rings is 1. The number of amides is 2. The molecule has 2 amide bonds. The van der Waals surface area contributed by atoms with E-state index in [-0.39, 0.29) is 39.2 Å². The van der Waals surface area contributed by atoms with Crippen LogP contribution in [0.5, 0.6) is 5.75 Å². The predicted octanol–water partition coefficient (Wildman–Crippen LogP) is 3.12. The zero-order chi connectivity index (χ0) is 30.1. The largest absolute Gasteiger partial charge is 0.434 e. The summed E-state index contributed by atoms with van der Waals surface area (Å²) in [5, 5.41) is 11.8. The Kier molecular flexibility index (Phi) is 8.23. The first-order valence-corrected chi connectivity index (χ1v) is 14.3. The van der Waals surface area contributed by atoms with E-state index in [1.807, 2.05) is 4.90 Å². The van der Waals surface area contributed by atoms with Crippen LogP contribution in [0, 0.1) is 0 Å². The van der Waals surface area contributed by atoms with Crippen LogP contribution < -0.4 is 10.1 Å². The van der Waals surface area contributed by atoms with E-state index in [2.05, 4.69) is 37.3 Å². The molecule has 226 valence electrons. The summed E-state index contributed by atoms with van der Waals surface area (Å²) < 4.78 is 34.3. The lowest BCUT2D eigenvalue weighted by Gasteiger charge is -2.33. The Bertz CT molecular complexity index is 1640. The highest BCUT2D eigenvalue weighted by molar-refractivity contribution is 6.31. The van der Waals surface area contributed by atoms with Gasteiger partial charge in [-0.3, -0.25) is 19.2 Å². The zero-order valence-electron chi connectivity index (χ0n) is 23.4. The standard InChI is InChI=1S/C28H30ClF2N9O3/c1-36-9-11-37(12-10-36)13-14-38-8-5-22(27(38)42)40-17-21(34-26(41)20-16-33-39-7-2-6-32-25(20)39)24(35-40)19-15-18(29)3-4-23(19)43-28(30)31/h2-4,6-7,15-17,22,28H,5,8-14H2,1H3,(H,34,41)/t22-/m1/s1. The van der Waals surface area contributed by atoms with Crippen molar-refractivity contribution in [2.24, 2.45) is 0 Å². The Balaban J connectivity index is 1.29. The summed E-state index contributed by atoms with van der Waals surface area (Å²) in [6.07, 6.45) is 6.61. The highest BCUT2D eigenvalue weighted by Crippen LogP contribution is 2.38. The third-order valence-electron chi connectivity index (χ3n) is 7.79. The summed E-state index contributed by atoms with van der Waals surface area (Å²) in [5.74, 6) is -0.813. The van der Waals surface area contributed by atoms with Gasteiger partial charge >= 0.3 is 6.61 Å². The van der Waals surface area contributed by atoms with Crippen LogP contribution in [0.3, 0.4) is 0 Å². The summed E-state index contributed by atoms with van der Waals surface area (Å²) in [6.45, 7) is 2.73. The van der Waals surface area contributed by atoms with E-state index in [0.717, 1.165) is 32.7 Å². The van der Waals surface area contributed by atoms with Crippen LogP contribution in [-0.4, -0.2) is 110 Å². The van der Waals surface area contributed by atoms with Crippen LogP contribution in [0.1, 0.15) is 22.8 Å². The molecule has 1 atom stereocenters. The summed E-state index contributed by atoms with van der Waals surface area (Å²) in [4.78, 5) is 37.6. The van der Waals surface area contributed by atoms with Gasteiger partial charge in [0.05, 0.1) is 18.1 Å². The fourth-order valence-corrected chi connectivity index (χ4v) is 5.60. The molecule has 2 saturated heterocycles. The van der Waals surface area contributed by atoms with Crippen molar-refractivity contribution in [1.29, 1.82) is 0 Å². The average Bonchev–Trinajstić information content (AvgIpc) is 3.70. The van der Waals surface area contributed by atoms with Gasteiger partial charge < -0.3 is 19.9 Å². The third-order valence-corrected chi connectivity index (χ3v) is 8.02. The van der Waals surface area contributed by atoms with E-state index in [0.29, 0.717) is 25.2 Å². The summed E-state index contributed by atoms with van der Waals surface area (Å²) in [7, 11) is 2.10. The van der Waals surface area contributed by atoms with E-state index < -0.39 is 18.6 Å². The minimum atomic E-state index is -3.10. The number of alkyl halides is 2. The molecule has 0 radical (unpaired) electrons. The number of anilines is 1. The molecule has 1 aromatic carbocycles. The van der Waals surface area contributed by atoms with Crippen LogP contribution in [0.2, 0.25) is 5.02 Å². The Labute approximate surface area is 250 Å². The number of carbonyl (C=O) groups is 2. The van der Waals surface area contributed by atoms with E-state index in [9.17, 15) is 18.4 Å². The minimum absolute atomic E-state index is 0.0944. The van der Waals surface area contributed by atoms with Crippen molar-refractivity contribution in [3.63, 3.8) is 0 Å². The van der Waals surface area contributed by atoms with Crippen molar-refractivity contribution in [3.05, 3.63) is 59.6 Å². The molecule has 1 N–H and O–H groups in total. The first-order valence-electron chi connectivity index (χ1n) is 13.9. The van der Waals surface area contributed by atoms with E-state index in [4.69, 9.17) is 16.3 Å². The van der Waals surface area contributed by atoms with E-state index in [1.165, 1.54) is 39.8 Å². The molecule has 2 aliphatic heterocycles. The smallest absolute Gasteiger partial charge is 0.387 e. The van der Waals surface area contributed by atoms with Crippen molar-refractivity contribution in [1.82, 2.24) is 39.1 Å². The number of halogens is 3. The van der Waals surface area contributed by atoms with Gasteiger partial charge in [0.25, 0.3) is 5.91 Å². The molecule has 2 aliphatic rings. The lowest BCUT2D eigenvalue weighted by Crippen LogP contribution is -2.47. The number of piperazine rings is 1.